The van der Waals surface area contributed by atoms with Gasteiger partial charge in [0.15, 0.2) is 0 Å². The summed E-state index contributed by atoms with van der Waals surface area (Å²) in [5, 5.41) is 11.0. The molecule has 2 aromatic carbocycles. The third-order valence-electron chi connectivity index (χ3n) is 5.50. The number of imidazole rings is 1. The molecule has 2 N–H and O–H groups in total. The Morgan fingerprint density at radius 3 is 2.42 bits per heavy atom. The SMILES string of the molecule is CC(C)[C@H](NC(=O)Cc1n[nH]c(=O)c2ccccc12)c1nc2ccccc2n1C(C)C. The van der Waals surface area contributed by atoms with Crippen molar-refractivity contribution in [2.24, 2.45) is 5.92 Å². The monoisotopic (exact) mass is 417 g/mol. The third-order valence-corrected chi connectivity index (χ3v) is 5.50. The van der Waals surface area contributed by atoms with Crippen LogP contribution in [0, 0.1) is 5.92 Å². The normalized spacial score (nSPS) is 12.7. The predicted octanol–water partition coefficient (Wildman–Crippen LogP) is 3.91. The molecule has 0 unspecified atom stereocenters. The fourth-order valence-corrected chi connectivity index (χ4v) is 4.04. The maximum absolute atomic E-state index is 13.0. The molecule has 7 nitrogen and oxygen atoms in total. The molecule has 0 spiro atoms. The molecular formula is C24H27N5O2. The van der Waals surface area contributed by atoms with Crippen LogP contribution in [0.25, 0.3) is 21.8 Å². The topological polar surface area (TPSA) is 92.7 Å². The van der Waals surface area contributed by atoms with E-state index < -0.39 is 0 Å². The summed E-state index contributed by atoms with van der Waals surface area (Å²) in [6, 6.07) is 15.2. The van der Waals surface area contributed by atoms with Gasteiger partial charge in [-0.3, -0.25) is 9.59 Å². The van der Waals surface area contributed by atoms with Gasteiger partial charge in [-0.25, -0.2) is 10.1 Å². The molecule has 0 saturated heterocycles. The second kappa shape index (κ2) is 8.34. The van der Waals surface area contributed by atoms with Crippen LogP contribution in [-0.4, -0.2) is 25.7 Å². The van der Waals surface area contributed by atoms with Crippen LogP contribution in [0.15, 0.2) is 53.3 Å². The standard InChI is InChI=1S/C24H27N5O2/c1-14(2)22(23-25-18-11-7-8-12-20(18)29(23)15(3)4)26-21(30)13-19-16-9-5-6-10-17(16)24(31)28-27-19/h5-12,14-15,22H,13H2,1-4H3,(H,26,30)(H,28,31)/t22-/m0/s1. The molecule has 1 amide bonds. The van der Waals surface area contributed by atoms with Crippen molar-refractivity contribution in [3.05, 3.63) is 70.4 Å². The van der Waals surface area contributed by atoms with Crippen LogP contribution in [0.1, 0.15) is 51.3 Å². The summed E-state index contributed by atoms with van der Waals surface area (Å²) in [7, 11) is 0. The Labute approximate surface area is 180 Å². The van der Waals surface area contributed by atoms with Crippen LogP contribution in [0.3, 0.4) is 0 Å². The lowest BCUT2D eigenvalue weighted by Crippen LogP contribution is -2.35. The van der Waals surface area contributed by atoms with Crippen molar-refractivity contribution in [2.75, 3.05) is 0 Å². The van der Waals surface area contributed by atoms with Crippen molar-refractivity contribution in [3.63, 3.8) is 0 Å². The van der Waals surface area contributed by atoms with Crippen LogP contribution < -0.4 is 10.9 Å². The number of carbonyl (C=O) groups excluding carboxylic acids is 1. The van der Waals surface area contributed by atoms with Gasteiger partial charge in [0, 0.05) is 11.4 Å². The number of H-pyrrole nitrogens is 1. The third kappa shape index (κ3) is 3.95. The number of nitrogens with zero attached hydrogens (tertiary/aromatic N) is 3. The van der Waals surface area contributed by atoms with E-state index >= 15 is 0 Å². The average Bonchev–Trinajstić information content (AvgIpc) is 3.13. The van der Waals surface area contributed by atoms with Crippen molar-refractivity contribution >= 4 is 27.7 Å². The van der Waals surface area contributed by atoms with E-state index in [9.17, 15) is 9.59 Å². The number of aromatic nitrogens is 4. The molecule has 0 saturated carbocycles. The quantitative estimate of drug-likeness (QED) is 0.497. The van der Waals surface area contributed by atoms with Gasteiger partial charge in [0.1, 0.15) is 5.82 Å². The van der Waals surface area contributed by atoms with Crippen LogP contribution in [0.2, 0.25) is 0 Å². The minimum Gasteiger partial charge on any atom is -0.346 e. The van der Waals surface area contributed by atoms with Gasteiger partial charge in [0.2, 0.25) is 5.91 Å². The van der Waals surface area contributed by atoms with Gasteiger partial charge in [-0.1, -0.05) is 44.2 Å². The minimum absolute atomic E-state index is 0.0718. The zero-order valence-electron chi connectivity index (χ0n) is 18.2. The van der Waals surface area contributed by atoms with Gasteiger partial charge in [-0.05, 0) is 38.0 Å². The van der Waals surface area contributed by atoms with Crippen LogP contribution in [0.4, 0.5) is 0 Å². The number of hydrogen-bond donors (Lipinski definition) is 2. The summed E-state index contributed by atoms with van der Waals surface area (Å²) in [6.45, 7) is 8.38. The lowest BCUT2D eigenvalue weighted by atomic mass is 10.0. The predicted molar refractivity (Wildman–Crippen MR) is 122 cm³/mol. The Kier molecular flexibility index (Phi) is 5.59. The molecule has 0 bridgehead atoms. The number of benzene rings is 2. The Morgan fingerprint density at radius 1 is 1.03 bits per heavy atom. The van der Waals surface area contributed by atoms with E-state index in [1.165, 1.54) is 0 Å². The zero-order chi connectivity index (χ0) is 22.1. The first-order valence-corrected chi connectivity index (χ1v) is 10.6. The number of hydrogen-bond acceptors (Lipinski definition) is 4. The molecule has 0 radical (unpaired) electrons. The summed E-state index contributed by atoms with van der Waals surface area (Å²) in [5.41, 5.74) is 2.26. The smallest absolute Gasteiger partial charge is 0.272 e. The van der Waals surface area contributed by atoms with Crippen LogP contribution in [-0.2, 0) is 11.2 Å². The molecule has 2 heterocycles. The number of para-hydroxylation sites is 2. The molecular weight excluding hydrogens is 390 g/mol. The molecule has 160 valence electrons. The summed E-state index contributed by atoms with van der Waals surface area (Å²) < 4.78 is 2.19. The summed E-state index contributed by atoms with van der Waals surface area (Å²) >= 11 is 0. The lowest BCUT2D eigenvalue weighted by molar-refractivity contribution is -0.121. The maximum atomic E-state index is 13.0. The average molecular weight is 418 g/mol. The van der Waals surface area contributed by atoms with Crippen molar-refractivity contribution in [1.29, 1.82) is 0 Å². The minimum atomic E-state index is -0.259. The van der Waals surface area contributed by atoms with Crippen LogP contribution >= 0.6 is 0 Å². The number of rotatable bonds is 6. The number of aromatic amines is 1. The van der Waals surface area contributed by atoms with E-state index in [-0.39, 0.29) is 35.9 Å². The van der Waals surface area contributed by atoms with E-state index in [2.05, 4.69) is 53.8 Å². The summed E-state index contributed by atoms with van der Waals surface area (Å²) in [4.78, 5) is 29.9. The van der Waals surface area contributed by atoms with Gasteiger partial charge in [-0.2, -0.15) is 5.10 Å². The number of nitrogens with one attached hydrogen (secondary N) is 2. The molecule has 2 aromatic heterocycles. The highest BCUT2D eigenvalue weighted by Gasteiger charge is 2.26. The molecule has 4 rings (SSSR count). The zero-order valence-corrected chi connectivity index (χ0v) is 18.2. The molecule has 0 fully saturated rings. The molecule has 1 atom stereocenters. The Balaban J connectivity index is 1.67. The van der Waals surface area contributed by atoms with Gasteiger partial charge < -0.3 is 9.88 Å². The highest BCUT2D eigenvalue weighted by molar-refractivity contribution is 5.88. The molecule has 7 heteroatoms. The number of fused-ring (bicyclic) bond motifs is 2. The van der Waals surface area contributed by atoms with Gasteiger partial charge in [-0.15, -0.1) is 0 Å². The van der Waals surface area contributed by atoms with E-state index in [4.69, 9.17) is 4.98 Å². The van der Waals surface area contributed by atoms with Crippen molar-refractivity contribution < 1.29 is 4.79 Å². The highest BCUT2D eigenvalue weighted by Crippen LogP contribution is 2.29. The molecule has 0 aliphatic rings. The lowest BCUT2D eigenvalue weighted by Gasteiger charge is -2.25. The van der Waals surface area contributed by atoms with E-state index in [1.54, 1.807) is 12.1 Å². The van der Waals surface area contributed by atoms with Crippen molar-refractivity contribution in [3.8, 4) is 0 Å². The second-order valence-corrected chi connectivity index (χ2v) is 8.43. The number of carbonyl (C=O) groups is 1. The van der Waals surface area contributed by atoms with E-state index in [0.717, 1.165) is 16.9 Å². The molecule has 4 aromatic rings. The van der Waals surface area contributed by atoms with Gasteiger partial charge in [0.25, 0.3) is 5.56 Å². The first-order valence-electron chi connectivity index (χ1n) is 10.6. The van der Waals surface area contributed by atoms with Crippen LogP contribution in [0.5, 0.6) is 0 Å². The number of amides is 1. The highest BCUT2D eigenvalue weighted by atomic mass is 16.1. The second-order valence-electron chi connectivity index (χ2n) is 8.43. The molecule has 0 aliphatic heterocycles. The Hall–Kier alpha value is -3.48. The largest absolute Gasteiger partial charge is 0.346 e. The van der Waals surface area contributed by atoms with Gasteiger partial charge in [0.05, 0.1) is 34.6 Å². The first-order chi connectivity index (χ1) is 14.9. The molecule has 31 heavy (non-hydrogen) atoms. The molecule has 0 aliphatic carbocycles. The van der Waals surface area contributed by atoms with Gasteiger partial charge >= 0.3 is 0 Å². The van der Waals surface area contributed by atoms with E-state index in [0.29, 0.717) is 16.5 Å². The van der Waals surface area contributed by atoms with E-state index in [1.807, 2.05) is 30.3 Å². The fraction of sp³-hybridized carbons (Fsp3) is 0.333. The Morgan fingerprint density at radius 2 is 1.71 bits per heavy atom. The first kappa shape index (κ1) is 20.8. The van der Waals surface area contributed by atoms with Crippen molar-refractivity contribution in [1.82, 2.24) is 25.1 Å². The summed E-state index contributed by atoms with van der Waals surface area (Å²) in [5.74, 6) is 0.822. The maximum Gasteiger partial charge on any atom is 0.272 e. The Bertz CT molecular complexity index is 1300. The van der Waals surface area contributed by atoms with Crippen molar-refractivity contribution in [2.45, 2.75) is 46.2 Å². The fourth-order valence-electron chi connectivity index (χ4n) is 4.04. The summed E-state index contributed by atoms with van der Waals surface area (Å²) in [6.07, 6.45) is 0.0718.